The van der Waals surface area contributed by atoms with E-state index in [1.54, 1.807) is 7.11 Å². The lowest BCUT2D eigenvalue weighted by molar-refractivity contribution is -0.122. The monoisotopic (exact) mass is 332 g/mol. The number of rotatable bonds is 4. The number of aliphatic hydroxyl groups excluding tert-OH is 1. The molecule has 0 saturated heterocycles. The molecule has 2 aromatic rings. The summed E-state index contributed by atoms with van der Waals surface area (Å²) in [6.45, 7) is 1.98. The molecule has 3 rings (SSSR count). The predicted octanol–water partition coefficient (Wildman–Crippen LogP) is 3.23. The Morgan fingerprint density at radius 2 is 2.09 bits per heavy atom. The molecule has 2 unspecified atom stereocenters. The minimum absolute atomic E-state index is 0.134. The molecule has 23 heavy (non-hydrogen) atoms. The molecule has 0 radical (unpaired) electrons. The molecule has 1 aromatic heterocycles. The van der Waals surface area contributed by atoms with E-state index in [-0.39, 0.29) is 11.8 Å². The average Bonchev–Trinajstić information content (AvgIpc) is 3.13. The van der Waals surface area contributed by atoms with Crippen LogP contribution in [0.15, 0.2) is 24.3 Å². The molecule has 0 aliphatic heterocycles. The maximum atomic E-state index is 12.2. The molecule has 0 bridgehead atoms. The van der Waals surface area contributed by atoms with Gasteiger partial charge in [-0.3, -0.25) is 4.79 Å². The summed E-state index contributed by atoms with van der Waals surface area (Å²) in [6, 6.07) is 7.68. The number of carbonyl (C=O) groups is 1. The Kier molecular flexibility index (Phi) is 4.63. The van der Waals surface area contributed by atoms with Crippen LogP contribution in [0.1, 0.15) is 24.1 Å². The Balaban J connectivity index is 1.76. The Morgan fingerprint density at radius 3 is 2.70 bits per heavy atom. The molecule has 1 aromatic carbocycles. The number of methoxy groups -OCH3 is 1. The van der Waals surface area contributed by atoms with Crippen molar-refractivity contribution in [2.75, 3.05) is 12.4 Å². The van der Waals surface area contributed by atoms with Crippen LogP contribution in [0.4, 0.5) is 5.13 Å². The lowest BCUT2D eigenvalue weighted by atomic mass is 10.1. The summed E-state index contributed by atoms with van der Waals surface area (Å²) in [5.74, 6) is 0.346. The summed E-state index contributed by atoms with van der Waals surface area (Å²) >= 11 is 1.45. The number of anilines is 1. The quantitative estimate of drug-likeness (QED) is 0.902. The molecule has 0 spiro atoms. The molecule has 122 valence electrons. The van der Waals surface area contributed by atoms with Gasteiger partial charge in [0.1, 0.15) is 5.75 Å². The molecular formula is C17H20N2O3S. The number of amides is 1. The standard InChI is InChI=1S/C17H20N2O3S/c1-10-15(11-6-8-12(22-2)9-7-11)18-17(23-10)19-16(21)13-4-3-5-14(13)20/h6-9,13-14,20H,3-5H2,1-2H3,(H,18,19,21). The third-order valence-electron chi connectivity index (χ3n) is 4.21. The summed E-state index contributed by atoms with van der Waals surface area (Å²) < 4.78 is 5.16. The highest BCUT2D eigenvalue weighted by Crippen LogP contribution is 2.32. The fourth-order valence-electron chi connectivity index (χ4n) is 2.91. The van der Waals surface area contributed by atoms with Crippen molar-refractivity contribution in [3.8, 4) is 17.0 Å². The van der Waals surface area contributed by atoms with Crippen molar-refractivity contribution in [2.45, 2.75) is 32.3 Å². The van der Waals surface area contributed by atoms with Gasteiger partial charge in [-0.1, -0.05) is 0 Å². The SMILES string of the molecule is COc1ccc(-c2nc(NC(=O)C3CCCC3O)sc2C)cc1. The summed E-state index contributed by atoms with van der Waals surface area (Å²) in [5, 5.41) is 13.3. The largest absolute Gasteiger partial charge is 0.497 e. The molecule has 1 heterocycles. The zero-order valence-electron chi connectivity index (χ0n) is 13.2. The van der Waals surface area contributed by atoms with Crippen LogP contribution in [0.2, 0.25) is 0 Å². The highest BCUT2D eigenvalue weighted by Gasteiger charge is 2.31. The van der Waals surface area contributed by atoms with Crippen LogP contribution >= 0.6 is 11.3 Å². The maximum Gasteiger partial charge on any atom is 0.231 e. The highest BCUT2D eigenvalue weighted by atomic mass is 32.1. The number of benzene rings is 1. The van der Waals surface area contributed by atoms with Crippen molar-refractivity contribution in [1.82, 2.24) is 4.98 Å². The van der Waals surface area contributed by atoms with Crippen LogP contribution in [-0.2, 0) is 4.79 Å². The van der Waals surface area contributed by atoms with Gasteiger partial charge in [0.25, 0.3) is 0 Å². The number of hydrogen-bond acceptors (Lipinski definition) is 5. The van der Waals surface area contributed by atoms with Gasteiger partial charge in [0, 0.05) is 10.4 Å². The molecular weight excluding hydrogens is 312 g/mol. The number of thiazole rings is 1. The fraction of sp³-hybridized carbons (Fsp3) is 0.412. The number of nitrogens with one attached hydrogen (secondary N) is 1. The molecule has 6 heteroatoms. The molecule has 1 aliphatic carbocycles. The van der Waals surface area contributed by atoms with Crippen molar-refractivity contribution in [1.29, 1.82) is 0 Å². The number of aliphatic hydroxyl groups is 1. The second-order valence-corrected chi connectivity index (χ2v) is 6.95. The van der Waals surface area contributed by atoms with Crippen molar-refractivity contribution in [3.63, 3.8) is 0 Å². The van der Waals surface area contributed by atoms with Gasteiger partial charge in [-0.25, -0.2) is 4.98 Å². The van der Waals surface area contributed by atoms with E-state index in [0.29, 0.717) is 11.6 Å². The van der Waals surface area contributed by atoms with Crippen molar-refractivity contribution in [2.24, 2.45) is 5.92 Å². The molecule has 1 aliphatic rings. The van der Waals surface area contributed by atoms with E-state index in [1.165, 1.54) is 11.3 Å². The third kappa shape index (κ3) is 3.38. The van der Waals surface area contributed by atoms with E-state index in [1.807, 2.05) is 31.2 Å². The van der Waals surface area contributed by atoms with Crippen LogP contribution in [0.3, 0.4) is 0 Å². The van der Waals surface area contributed by atoms with E-state index >= 15 is 0 Å². The van der Waals surface area contributed by atoms with Gasteiger partial charge in [-0.2, -0.15) is 0 Å². The Morgan fingerprint density at radius 1 is 1.35 bits per heavy atom. The minimum Gasteiger partial charge on any atom is -0.497 e. The van der Waals surface area contributed by atoms with E-state index in [0.717, 1.165) is 34.7 Å². The molecule has 1 fully saturated rings. The molecule has 2 atom stereocenters. The average molecular weight is 332 g/mol. The molecule has 2 N–H and O–H groups in total. The Hall–Kier alpha value is -1.92. The van der Waals surface area contributed by atoms with E-state index in [4.69, 9.17) is 4.74 Å². The summed E-state index contributed by atoms with van der Waals surface area (Å²) in [4.78, 5) is 17.8. The number of aryl methyl sites for hydroxylation is 1. The summed E-state index contributed by atoms with van der Waals surface area (Å²) in [5.41, 5.74) is 1.85. The van der Waals surface area contributed by atoms with Crippen LogP contribution in [0, 0.1) is 12.8 Å². The van der Waals surface area contributed by atoms with E-state index < -0.39 is 6.10 Å². The van der Waals surface area contributed by atoms with E-state index in [2.05, 4.69) is 10.3 Å². The van der Waals surface area contributed by atoms with Crippen molar-refractivity contribution in [3.05, 3.63) is 29.1 Å². The lowest BCUT2D eigenvalue weighted by Gasteiger charge is -2.12. The van der Waals surface area contributed by atoms with Crippen LogP contribution in [-0.4, -0.2) is 29.2 Å². The van der Waals surface area contributed by atoms with Crippen molar-refractivity contribution >= 4 is 22.4 Å². The molecule has 5 nitrogen and oxygen atoms in total. The predicted molar refractivity (Wildman–Crippen MR) is 90.8 cm³/mol. The number of aromatic nitrogens is 1. The Bertz CT molecular complexity index is 696. The number of ether oxygens (including phenoxy) is 1. The highest BCUT2D eigenvalue weighted by molar-refractivity contribution is 7.16. The van der Waals surface area contributed by atoms with Gasteiger partial charge in [0.2, 0.25) is 5.91 Å². The first kappa shape index (κ1) is 16.0. The first-order valence-electron chi connectivity index (χ1n) is 7.69. The van der Waals surface area contributed by atoms with Gasteiger partial charge in [0.15, 0.2) is 5.13 Å². The van der Waals surface area contributed by atoms with Gasteiger partial charge in [-0.05, 0) is 50.5 Å². The topological polar surface area (TPSA) is 71.5 Å². The first-order chi connectivity index (χ1) is 11.1. The van der Waals surface area contributed by atoms with Crippen molar-refractivity contribution < 1.29 is 14.6 Å². The zero-order chi connectivity index (χ0) is 16.4. The van der Waals surface area contributed by atoms with Gasteiger partial charge < -0.3 is 15.2 Å². The number of hydrogen-bond donors (Lipinski definition) is 2. The Labute approximate surface area is 139 Å². The second-order valence-electron chi connectivity index (χ2n) is 5.75. The van der Waals surface area contributed by atoms with Crippen LogP contribution < -0.4 is 10.1 Å². The van der Waals surface area contributed by atoms with Gasteiger partial charge in [0.05, 0.1) is 24.8 Å². The molecule has 1 saturated carbocycles. The zero-order valence-corrected chi connectivity index (χ0v) is 14.0. The van der Waals surface area contributed by atoms with E-state index in [9.17, 15) is 9.90 Å². The molecule has 1 amide bonds. The van der Waals surface area contributed by atoms with Crippen LogP contribution in [0.25, 0.3) is 11.3 Å². The first-order valence-corrected chi connectivity index (χ1v) is 8.51. The van der Waals surface area contributed by atoms with Crippen LogP contribution in [0.5, 0.6) is 5.75 Å². The number of nitrogens with zero attached hydrogens (tertiary/aromatic N) is 1. The summed E-state index contributed by atoms with van der Waals surface area (Å²) in [6.07, 6.45) is 1.80. The van der Waals surface area contributed by atoms with Gasteiger partial charge in [-0.15, -0.1) is 11.3 Å². The summed E-state index contributed by atoms with van der Waals surface area (Å²) in [7, 11) is 1.63. The fourth-order valence-corrected chi connectivity index (χ4v) is 3.75. The normalized spacial score (nSPS) is 20.5. The van der Waals surface area contributed by atoms with Gasteiger partial charge >= 0.3 is 0 Å². The smallest absolute Gasteiger partial charge is 0.231 e. The second kappa shape index (κ2) is 6.68. The number of carbonyl (C=O) groups excluding carboxylic acids is 1. The lowest BCUT2D eigenvalue weighted by Crippen LogP contribution is -2.28. The third-order valence-corrected chi connectivity index (χ3v) is 5.09. The minimum atomic E-state index is -0.530. The maximum absolute atomic E-state index is 12.2.